The average molecular weight is 418 g/mol. The molecule has 0 radical (unpaired) electrons. The number of anilines is 1. The van der Waals surface area contributed by atoms with Gasteiger partial charge in [0, 0.05) is 11.8 Å². The van der Waals surface area contributed by atoms with E-state index in [0.29, 0.717) is 18.0 Å². The van der Waals surface area contributed by atoms with Crippen LogP contribution in [0.1, 0.15) is 16.6 Å². The van der Waals surface area contributed by atoms with Crippen LogP contribution in [0.25, 0.3) is 10.2 Å². The number of nitrogens with zero attached hydrogens (tertiary/aromatic N) is 2. The minimum atomic E-state index is -0.454. The molecule has 0 bridgehead atoms. The fraction of sp³-hybridized carbons (Fsp3) is 0.167. The lowest BCUT2D eigenvalue weighted by molar-refractivity contribution is -0.121. The number of aromatic nitrogens is 1. The van der Waals surface area contributed by atoms with Gasteiger partial charge in [-0.2, -0.15) is 0 Å². The van der Waals surface area contributed by atoms with E-state index in [0.717, 1.165) is 20.8 Å². The van der Waals surface area contributed by atoms with Crippen LogP contribution in [-0.4, -0.2) is 29.9 Å². The second kappa shape index (κ2) is 9.07. The monoisotopic (exact) mass is 417 g/mol. The van der Waals surface area contributed by atoms with Gasteiger partial charge in [-0.1, -0.05) is 48.5 Å². The molecule has 0 unspecified atom stereocenters. The minimum absolute atomic E-state index is 0.0990. The Morgan fingerprint density at radius 3 is 2.60 bits per heavy atom. The van der Waals surface area contributed by atoms with Gasteiger partial charge < -0.3 is 10.1 Å². The van der Waals surface area contributed by atoms with Crippen LogP contribution in [0.3, 0.4) is 0 Å². The predicted molar refractivity (Wildman–Crippen MR) is 122 cm³/mol. The number of likely N-dealkylation sites (N-methyl/N-ethyl adjacent to an activating group) is 1. The first-order valence-electron chi connectivity index (χ1n) is 9.68. The largest absolute Gasteiger partial charge is 0.497 e. The van der Waals surface area contributed by atoms with Crippen molar-refractivity contribution in [3.05, 3.63) is 89.4 Å². The third-order valence-electron chi connectivity index (χ3n) is 4.86. The summed E-state index contributed by atoms with van der Waals surface area (Å²) in [7, 11) is 3.56. The van der Waals surface area contributed by atoms with Crippen LogP contribution in [0, 0.1) is 0 Å². The van der Waals surface area contributed by atoms with E-state index in [2.05, 4.69) is 11.4 Å². The number of nitrogens with one attached hydrogen (secondary N) is 1. The summed E-state index contributed by atoms with van der Waals surface area (Å²) in [5, 5.41) is 4.01. The Morgan fingerprint density at radius 2 is 1.83 bits per heavy atom. The van der Waals surface area contributed by atoms with Crippen LogP contribution >= 0.6 is 11.3 Å². The van der Waals surface area contributed by atoms with Crippen molar-refractivity contribution < 1.29 is 9.53 Å². The quantitative estimate of drug-likeness (QED) is 0.454. The van der Waals surface area contributed by atoms with Crippen molar-refractivity contribution in [1.82, 2.24) is 9.88 Å². The number of thiazole rings is 1. The summed E-state index contributed by atoms with van der Waals surface area (Å²) in [5.41, 5.74) is 2.62. The van der Waals surface area contributed by atoms with Crippen molar-refractivity contribution in [2.75, 3.05) is 19.5 Å². The normalized spacial score (nSPS) is 12.1. The van der Waals surface area contributed by atoms with Crippen LogP contribution in [0.4, 0.5) is 5.69 Å². The van der Waals surface area contributed by atoms with E-state index in [4.69, 9.17) is 9.72 Å². The lowest BCUT2D eigenvalue weighted by Crippen LogP contribution is -2.34. The molecule has 4 rings (SSSR count). The molecule has 4 aromatic rings. The number of fused-ring (bicyclic) bond motifs is 1. The van der Waals surface area contributed by atoms with Gasteiger partial charge >= 0.3 is 0 Å². The highest BCUT2D eigenvalue weighted by Crippen LogP contribution is 2.27. The molecule has 0 aliphatic rings. The van der Waals surface area contributed by atoms with Crippen molar-refractivity contribution in [2.45, 2.75) is 12.6 Å². The van der Waals surface area contributed by atoms with E-state index in [1.54, 1.807) is 18.4 Å². The smallest absolute Gasteiger partial charge is 0.246 e. The van der Waals surface area contributed by atoms with E-state index < -0.39 is 6.04 Å². The molecule has 1 N–H and O–H groups in total. The Bertz CT molecular complexity index is 1110. The van der Waals surface area contributed by atoms with Crippen molar-refractivity contribution in [2.24, 2.45) is 0 Å². The highest BCUT2D eigenvalue weighted by Gasteiger charge is 2.26. The second-order valence-corrected chi connectivity index (χ2v) is 8.14. The molecule has 1 atom stereocenters. The van der Waals surface area contributed by atoms with Gasteiger partial charge in [-0.25, -0.2) is 4.98 Å². The number of hydrogen-bond donors (Lipinski definition) is 1. The molecule has 152 valence electrons. The van der Waals surface area contributed by atoms with Gasteiger partial charge in [0.25, 0.3) is 0 Å². The minimum Gasteiger partial charge on any atom is -0.497 e. The van der Waals surface area contributed by atoms with Gasteiger partial charge in [-0.15, -0.1) is 11.3 Å². The van der Waals surface area contributed by atoms with Gasteiger partial charge in [-0.05, 0) is 36.9 Å². The first-order chi connectivity index (χ1) is 14.6. The number of hydrogen-bond acceptors (Lipinski definition) is 5. The van der Waals surface area contributed by atoms with Gasteiger partial charge in [0.05, 0.1) is 23.9 Å². The zero-order valence-electron chi connectivity index (χ0n) is 16.9. The maximum Gasteiger partial charge on any atom is 0.246 e. The van der Waals surface area contributed by atoms with E-state index in [1.165, 1.54) is 0 Å². The predicted octanol–water partition coefficient (Wildman–Crippen LogP) is 5.12. The lowest BCUT2D eigenvalue weighted by atomic mass is 10.0. The SMILES string of the molecule is COc1cccc(NC(=O)[C@@H](c2ccccc2)N(C)Cc2nc3ccccc3s2)c1. The van der Waals surface area contributed by atoms with Crippen molar-refractivity contribution >= 4 is 33.1 Å². The summed E-state index contributed by atoms with van der Waals surface area (Å²) in [6.45, 7) is 0.574. The molecular formula is C24H23N3O2S. The number of benzene rings is 3. The molecule has 0 aliphatic heterocycles. The number of ether oxygens (including phenoxy) is 1. The van der Waals surface area contributed by atoms with Gasteiger partial charge in [0.1, 0.15) is 16.8 Å². The summed E-state index contributed by atoms with van der Waals surface area (Å²) in [5.74, 6) is 0.602. The average Bonchev–Trinajstić information content (AvgIpc) is 3.17. The highest BCUT2D eigenvalue weighted by molar-refractivity contribution is 7.18. The second-order valence-electron chi connectivity index (χ2n) is 7.02. The Labute approximate surface area is 179 Å². The Balaban J connectivity index is 1.59. The number of methoxy groups -OCH3 is 1. The summed E-state index contributed by atoms with van der Waals surface area (Å²) in [6.07, 6.45) is 0. The van der Waals surface area contributed by atoms with Crippen LogP contribution in [0.2, 0.25) is 0 Å². The molecule has 30 heavy (non-hydrogen) atoms. The Morgan fingerprint density at radius 1 is 1.07 bits per heavy atom. The number of rotatable bonds is 7. The molecule has 0 fully saturated rings. The summed E-state index contributed by atoms with van der Waals surface area (Å²) < 4.78 is 6.42. The van der Waals surface area contributed by atoms with Crippen LogP contribution in [-0.2, 0) is 11.3 Å². The zero-order valence-corrected chi connectivity index (χ0v) is 17.7. The Kier molecular flexibility index (Phi) is 6.07. The van der Waals surface area contributed by atoms with E-state index in [1.807, 2.05) is 84.7 Å². The zero-order chi connectivity index (χ0) is 20.9. The Hall–Kier alpha value is -3.22. The maximum absolute atomic E-state index is 13.3. The molecule has 1 aromatic heterocycles. The fourth-order valence-corrected chi connectivity index (χ4v) is 4.48. The molecule has 6 heteroatoms. The van der Waals surface area contributed by atoms with Gasteiger partial charge in [0.15, 0.2) is 0 Å². The number of amides is 1. The number of carbonyl (C=O) groups excluding carboxylic acids is 1. The third-order valence-corrected chi connectivity index (χ3v) is 5.89. The van der Waals surface area contributed by atoms with E-state index in [9.17, 15) is 4.79 Å². The lowest BCUT2D eigenvalue weighted by Gasteiger charge is -2.27. The summed E-state index contributed by atoms with van der Waals surface area (Å²) >= 11 is 1.66. The first kappa shape index (κ1) is 20.1. The standard InChI is InChI=1S/C24H23N3O2S/c1-27(16-22-26-20-13-6-7-14-21(20)30-22)23(17-9-4-3-5-10-17)24(28)25-18-11-8-12-19(15-18)29-2/h3-15,23H,16H2,1-2H3,(H,25,28)/t23-/m1/s1. The van der Waals surface area contributed by atoms with E-state index >= 15 is 0 Å². The molecule has 0 saturated carbocycles. The highest BCUT2D eigenvalue weighted by atomic mass is 32.1. The van der Waals surface area contributed by atoms with Crippen LogP contribution in [0.15, 0.2) is 78.9 Å². The fourth-order valence-electron chi connectivity index (χ4n) is 3.44. The van der Waals surface area contributed by atoms with Crippen molar-refractivity contribution in [1.29, 1.82) is 0 Å². The van der Waals surface area contributed by atoms with Gasteiger partial charge in [0.2, 0.25) is 5.91 Å². The molecule has 1 amide bonds. The first-order valence-corrected chi connectivity index (χ1v) is 10.5. The summed E-state index contributed by atoms with van der Waals surface area (Å²) in [4.78, 5) is 20.1. The third kappa shape index (κ3) is 4.50. The van der Waals surface area contributed by atoms with Crippen LogP contribution < -0.4 is 10.1 Å². The van der Waals surface area contributed by atoms with Gasteiger partial charge in [-0.3, -0.25) is 9.69 Å². The van der Waals surface area contributed by atoms with Crippen molar-refractivity contribution in [3.63, 3.8) is 0 Å². The number of para-hydroxylation sites is 1. The summed E-state index contributed by atoms with van der Waals surface area (Å²) in [6, 6.07) is 24.8. The van der Waals surface area contributed by atoms with Crippen molar-refractivity contribution in [3.8, 4) is 5.75 Å². The molecule has 1 heterocycles. The molecule has 0 saturated heterocycles. The molecule has 0 aliphatic carbocycles. The topological polar surface area (TPSA) is 54.5 Å². The number of carbonyl (C=O) groups is 1. The molecule has 5 nitrogen and oxygen atoms in total. The molecule has 3 aromatic carbocycles. The van der Waals surface area contributed by atoms with E-state index in [-0.39, 0.29) is 5.91 Å². The maximum atomic E-state index is 13.3. The van der Waals surface area contributed by atoms with Crippen LogP contribution in [0.5, 0.6) is 5.75 Å². The molecular weight excluding hydrogens is 394 g/mol. The molecule has 0 spiro atoms.